The number of benzene rings is 1. The molecule has 1 fully saturated rings. The summed E-state index contributed by atoms with van der Waals surface area (Å²) in [5.41, 5.74) is 3.79. The van der Waals surface area contributed by atoms with Crippen molar-refractivity contribution in [3.8, 4) is 0 Å². The first-order chi connectivity index (χ1) is 18.1. The Labute approximate surface area is 215 Å². The smallest absolute Gasteiger partial charge is 0.346 e. The molecule has 0 spiro atoms. The van der Waals surface area contributed by atoms with E-state index < -0.39 is 47.6 Å². The number of carbonyl (C=O) groups is 4. The van der Waals surface area contributed by atoms with Gasteiger partial charge in [-0.05, 0) is 24.3 Å². The lowest BCUT2D eigenvalue weighted by molar-refractivity contribution is -0.150. The van der Waals surface area contributed by atoms with E-state index in [1.54, 1.807) is 12.1 Å². The van der Waals surface area contributed by atoms with Crippen LogP contribution in [0.5, 0.6) is 0 Å². The Morgan fingerprint density at radius 2 is 1.95 bits per heavy atom. The number of nitrogens with zero attached hydrogens (tertiary/aromatic N) is 2. The minimum atomic E-state index is -2.01. The fourth-order valence-electron chi connectivity index (χ4n) is 4.47. The number of anilines is 4. The summed E-state index contributed by atoms with van der Waals surface area (Å²) in [5, 5.41) is 33.2. The highest BCUT2D eigenvalue weighted by Gasteiger charge is 2.49. The van der Waals surface area contributed by atoms with Gasteiger partial charge in [0.25, 0.3) is 11.5 Å². The van der Waals surface area contributed by atoms with Gasteiger partial charge in [0.1, 0.15) is 0 Å². The van der Waals surface area contributed by atoms with Gasteiger partial charge in [0.15, 0.2) is 11.5 Å². The number of hydrogen-bond donors (Lipinski definition) is 9. The van der Waals surface area contributed by atoms with Gasteiger partial charge in [-0.1, -0.05) is 0 Å². The van der Waals surface area contributed by atoms with Crippen LogP contribution in [0.2, 0.25) is 0 Å². The van der Waals surface area contributed by atoms with Crippen molar-refractivity contribution in [2.75, 3.05) is 47.4 Å². The van der Waals surface area contributed by atoms with Crippen molar-refractivity contribution in [2.45, 2.75) is 24.2 Å². The number of amides is 2. The number of carboxylic acid groups (broad SMARTS) is 2. The molecule has 38 heavy (non-hydrogen) atoms. The standard InChI is InChI=1S/C22H27N9O7/c23-21-28-17-16(19(36)29-21)31(10-32)13(9-26-17)8-25-12-3-1-11(2-4-12)18(35)30-22(20(37)38)14(7-15(33)34)24-5-6-27-22/h1-4,10,13-14,24-25,27H,5-9H2,(H,30,35)(H,33,34)(H,37,38)(H4,23,26,28,29,36). The first-order valence-electron chi connectivity index (χ1n) is 11.6. The first kappa shape index (κ1) is 26.4. The zero-order valence-corrected chi connectivity index (χ0v) is 20.0. The molecular formula is C22H27N9O7. The zero-order chi connectivity index (χ0) is 27.4. The van der Waals surface area contributed by atoms with Crippen LogP contribution in [-0.2, 0) is 14.4 Å². The number of aliphatic carboxylic acids is 2. The number of nitrogen functional groups attached to an aromatic ring is 1. The number of H-pyrrole nitrogens is 1. The Morgan fingerprint density at radius 3 is 2.61 bits per heavy atom. The molecule has 3 unspecified atom stereocenters. The van der Waals surface area contributed by atoms with Crippen LogP contribution in [0.25, 0.3) is 0 Å². The largest absolute Gasteiger partial charge is 0.481 e. The van der Waals surface area contributed by atoms with Gasteiger partial charge in [-0.3, -0.25) is 29.5 Å². The van der Waals surface area contributed by atoms with Crippen LogP contribution in [-0.4, -0.2) is 88.4 Å². The molecule has 1 saturated heterocycles. The Bertz CT molecular complexity index is 1300. The van der Waals surface area contributed by atoms with Crippen molar-refractivity contribution in [1.29, 1.82) is 0 Å². The molecule has 4 rings (SSSR count). The van der Waals surface area contributed by atoms with Crippen molar-refractivity contribution < 1.29 is 29.4 Å². The maximum Gasteiger partial charge on any atom is 0.346 e. The summed E-state index contributed by atoms with van der Waals surface area (Å²) in [6, 6.07) is 4.60. The maximum absolute atomic E-state index is 12.9. The summed E-state index contributed by atoms with van der Waals surface area (Å²) < 4.78 is 0. The third kappa shape index (κ3) is 5.21. The molecule has 202 valence electrons. The molecule has 2 aliphatic heterocycles. The molecule has 1 aromatic heterocycles. The van der Waals surface area contributed by atoms with E-state index >= 15 is 0 Å². The van der Waals surface area contributed by atoms with Crippen molar-refractivity contribution in [3.05, 3.63) is 40.2 Å². The number of aromatic nitrogens is 2. The predicted molar refractivity (Wildman–Crippen MR) is 135 cm³/mol. The van der Waals surface area contributed by atoms with E-state index in [0.29, 0.717) is 25.2 Å². The third-order valence-electron chi connectivity index (χ3n) is 6.34. The molecule has 2 amide bonds. The van der Waals surface area contributed by atoms with Gasteiger partial charge in [0, 0.05) is 37.4 Å². The van der Waals surface area contributed by atoms with Gasteiger partial charge in [-0.2, -0.15) is 4.98 Å². The van der Waals surface area contributed by atoms with Crippen LogP contribution < -0.4 is 42.8 Å². The van der Waals surface area contributed by atoms with E-state index in [1.165, 1.54) is 17.0 Å². The molecule has 0 radical (unpaired) electrons. The minimum absolute atomic E-state index is 0.0543. The molecular weight excluding hydrogens is 502 g/mol. The van der Waals surface area contributed by atoms with Crippen LogP contribution in [0.4, 0.5) is 23.1 Å². The Balaban J connectivity index is 1.43. The second-order valence-electron chi connectivity index (χ2n) is 8.75. The monoisotopic (exact) mass is 529 g/mol. The lowest BCUT2D eigenvalue weighted by atomic mass is 9.93. The number of carboxylic acids is 2. The Kier molecular flexibility index (Phi) is 7.45. The molecule has 0 bridgehead atoms. The summed E-state index contributed by atoms with van der Waals surface area (Å²) in [7, 11) is 0. The normalized spacial score (nSPS) is 22.5. The highest BCUT2D eigenvalue weighted by molar-refractivity contribution is 5.98. The number of aromatic amines is 1. The zero-order valence-electron chi connectivity index (χ0n) is 20.0. The lowest BCUT2D eigenvalue weighted by Crippen LogP contribution is -2.77. The van der Waals surface area contributed by atoms with Gasteiger partial charge in [0.2, 0.25) is 18.0 Å². The van der Waals surface area contributed by atoms with Crippen molar-refractivity contribution in [3.63, 3.8) is 0 Å². The Hall–Kier alpha value is -4.70. The average Bonchev–Trinajstić information content (AvgIpc) is 2.88. The number of piperazine rings is 1. The molecule has 10 N–H and O–H groups in total. The van der Waals surface area contributed by atoms with Gasteiger partial charge < -0.3 is 42.1 Å². The fraction of sp³-hybridized carbons (Fsp3) is 0.364. The van der Waals surface area contributed by atoms with E-state index in [1.807, 2.05) is 0 Å². The number of nitrogens with one attached hydrogen (secondary N) is 6. The van der Waals surface area contributed by atoms with E-state index in [0.717, 1.165) is 0 Å². The van der Waals surface area contributed by atoms with Gasteiger partial charge in [-0.15, -0.1) is 0 Å². The topological polar surface area (TPSA) is 244 Å². The van der Waals surface area contributed by atoms with Gasteiger partial charge in [-0.25, -0.2) is 4.79 Å². The summed E-state index contributed by atoms with van der Waals surface area (Å²) in [6.07, 6.45) is 0.0205. The molecule has 1 aromatic carbocycles. The van der Waals surface area contributed by atoms with Crippen LogP contribution in [0.1, 0.15) is 16.8 Å². The third-order valence-corrected chi connectivity index (χ3v) is 6.34. The van der Waals surface area contributed by atoms with E-state index in [2.05, 4.69) is 36.6 Å². The van der Waals surface area contributed by atoms with Crippen molar-refractivity contribution in [1.82, 2.24) is 25.9 Å². The molecule has 0 saturated carbocycles. The molecule has 3 atom stereocenters. The van der Waals surface area contributed by atoms with Gasteiger partial charge >= 0.3 is 11.9 Å². The second-order valence-corrected chi connectivity index (χ2v) is 8.75. The molecule has 16 nitrogen and oxygen atoms in total. The predicted octanol–water partition coefficient (Wildman–Crippen LogP) is -2.23. The summed E-state index contributed by atoms with van der Waals surface area (Å²) >= 11 is 0. The van der Waals surface area contributed by atoms with E-state index in [-0.39, 0.29) is 36.1 Å². The highest BCUT2D eigenvalue weighted by Crippen LogP contribution is 2.25. The maximum atomic E-state index is 12.9. The number of hydrogen-bond acceptors (Lipinski definition) is 11. The van der Waals surface area contributed by atoms with Crippen LogP contribution in [0.3, 0.4) is 0 Å². The molecule has 2 aliphatic rings. The number of nitrogens with two attached hydrogens (primary N) is 1. The van der Waals surface area contributed by atoms with Crippen molar-refractivity contribution in [2.24, 2.45) is 0 Å². The van der Waals surface area contributed by atoms with Crippen molar-refractivity contribution >= 4 is 47.4 Å². The molecule has 16 heteroatoms. The molecule has 3 heterocycles. The number of carbonyl (C=O) groups excluding carboxylic acids is 2. The first-order valence-corrected chi connectivity index (χ1v) is 11.6. The average molecular weight is 530 g/mol. The molecule has 0 aliphatic carbocycles. The second kappa shape index (κ2) is 10.7. The van der Waals surface area contributed by atoms with E-state index in [9.17, 15) is 34.2 Å². The quantitative estimate of drug-likeness (QED) is 0.156. The summed E-state index contributed by atoms with van der Waals surface area (Å²) in [5.74, 6) is -3.21. The summed E-state index contributed by atoms with van der Waals surface area (Å²) in [6.45, 7) is 1.09. The number of fused-ring (bicyclic) bond motifs is 1. The minimum Gasteiger partial charge on any atom is -0.481 e. The summed E-state index contributed by atoms with van der Waals surface area (Å²) in [4.78, 5) is 68.0. The highest BCUT2D eigenvalue weighted by atomic mass is 16.4. The van der Waals surface area contributed by atoms with Crippen LogP contribution in [0.15, 0.2) is 29.1 Å². The SMILES string of the molecule is Nc1nc2c(c(=O)[nH]1)N(C=O)C(CNc1ccc(C(=O)NC3(C(=O)O)NCCNC3CC(=O)O)cc1)CN2. The fourth-order valence-corrected chi connectivity index (χ4v) is 4.47. The number of rotatable bonds is 9. The Morgan fingerprint density at radius 1 is 1.21 bits per heavy atom. The van der Waals surface area contributed by atoms with Crippen LogP contribution in [0, 0.1) is 0 Å². The van der Waals surface area contributed by atoms with Crippen LogP contribution >= 0.6 is 0 Å². The van der Waals surface area contributed by atoms with Gasteiger partial charge in [0.05, 0.1) is 18.5 Å². The molecule has 2 aromatic rings. The van der Waals surface area contributed by atoms with E-state index in [4.69, 9.17) is 5.73 Å². The lowest BCUT2D eigenvalue weighted by Gasteiger charge is -2.42.